The van der Waals surface area contributed by atoms with Crippen LogP contribution in [0.25, 0.3) is 0 Å². The maximum Gasteiger partial charge on any atom is 0.241 e. The molecule has 0 radical (unpaired) electrons. The first-order valence-corrected chi connectivity index (χ1v) is 10.1. The molecule has 29 heavy (non-hydrogen) atoms. The number of nitrogens with one attached hydrogen (secondary N) is 2. The van der Waals surface area contributed by atoms with Gasteiger partial charge in [0.2, 0.25) is 11.8 Å². The third-order valence-electron chi connectivity index (χ3n) is 4.71. The van der Waals surface area contributed by atoms with Gasteiger partial charge in [-0.25, -0.2) is 0 Å². The minimum atomic E-state index is -0.500. The Morgan fingerprint density at radius 1 is 1.10 bits per heavy atom. The minimum absolute atomic E-state index is 0.0885. The van der Waals surface area contributed by atoms with Crippen LogP contribution in [0.1, 0.15) is 12.5 Å². The molecular formula is C21H24BrN3O4. The second kappa shape index (κ2) is 9.28. The lowest BCUT2D eigenvalue weighted by molar-refractivity contribution is -0.122. The fraction of sp³-hybridized carbons (Fsp3) is 0.333. The third-order valence-corrected chi connectivity index (χ3v) is 5.20. The van der Waals surface area contributed by atoms with Gasteiger partial charge in [-0.15, -0.1) is 0 Å². The lowest BCUT2D eigenvalue weighted by Gasteiger charge is -2.24. The molecule has 8 heteroatoms. The van der Waals surface area contributed by atoms with Crippen LogP contribution < -0.4 is 20.1 Å². The molecule has 0 fully saturated rings. The largest absolute Gasteiger partial charge is 0.486 e. The molecule has 0 unspecified atom stereocenters. The van der Waals surface area contributed by atoms with Crippen LogP contribution in [0.5, 0.6) is 11.5 Å². The third kappa shape index (κ3) is 5.48. The quantitative estimate of drug-likeness (QED) is 0.688. The first-order valence-electron chi connectivity index (χ1n) is 9.30. The summed E-state index contributed by atoms with van der Waals surface area (Å²) in [6.07, 6.45) is 0. The van der Waals surface area contributed by atoms with Crippen LogP contribution in [-0.4, -0.2) is 49.6 Å². The van der Waals surface area contributed by atoms with Crippen molar-refractivity contribution in [1.29, 1.82) is 0 Å². The van der Waals surface area contributed by atoms with Crippen molar-refractivity contribution in [2.24, 2.45) is 0 Å². The number of amides is 2. The molecule has 1 atom stereocenters. The Morgan fingerprint density at radius 2 is 1.83 bits per heavy atom. The maximum absolute atomic E-state index is 12.6. The number of aryl methyl sites for hydroxylation is 1. The van der Waals surface area contributed by atoms with Gasteiger partial charge in [0.1, 0.15) is 13.2 Å². The van der Waals surface area contributed by atoms with Crippen LogP contribution in [0.4, 0.5) is 11.4 Å². The van der Waals surface area contributed by atoms with E-state index in [1.165, 1.54) is 0 Å². The van der Waals surface area contributed by atoms with Crippen molar-refractivity contribution in [1.82, 2.24) is 4.90 Å². The molecule has 0 aliphatic carbocycles. The molecule has 7 nitrogen and oxygen atoms in total. The van der Waals surface area contributed by atoms with E-state index in [4.69, 9.17) is 9.47 Å². The number of hydrogen-bond donors (Lipinski definition) is 2. The molecule has 2 amide bonds. The van der Waals surface area contributed by atoms with Crippen LogP contribution in [0.2, 0.25) is 0 Å². The van der Waals surface area contributed by atoms with Crippen LogP contribution in [0.3, 0.4) is 0 Å². The minimum Gasteiger partial charge on any atom is -0.486 e. The lowest BCUT2D eigenvalue weighted by atomic mass is 10.2. The Kier molecular flexibility index (Phi) is 6.76. The zero-order chi connectivity index (χ0) is 21.0. The Hall–Kier alpha value is -2.58. The first-order chi connectivity index (χ1) is 13.8. The molecule has 0 spiro atoms. The fourth-order valence-corrected chi connectivity index (χ4v) is 3.36. The topological polar surface area (TPSA) is 79.9 Å². The summed E-state index contributed by atoms with van der Waals surface area (Å²) in [5.74, 6) is 0.882. The first kappa shape index (κ1) is 21.1. The number of ether oxygens (including phenoxy) is 2. The zero-order valence-corrected chi connectivity index (χ0v) is 18.2. The molecule has 0 aromatic heterocycles. The van der Waals surface area contributed by atoms with E-state index in [1.54, 1.807) is 37.1 Å². The molecule has 2 aromatic rings. The smallest absolute Gasteiger partial charge is 0.241 e. The van der Waals surface area contributed by atoms with Gasteiger partial charge in [-0.2, -0.15) is 0 Å². The Labute approximate surface area is 178 Å². The van der Waals surface area contributed by atoms with Gasteiger partial charge in [-0.05, 0) is 56.8 Å². The van der Waals surface area contributed by atoms with E-state index in [0.29, 0.717) is 30.4 Å². The van der Waals surface area contributed by atoms with Gasteiger partial charge < -0.3 is 20.1 Å². The molecule has 3 rings (SSSR count). The molecule has 0 saturated carbocycles. The van der Waals surface area contributed by atoms with Crippen molar-refractivity contribution >= 4 is 39.1 Å². The van der Waals surface area contributed by atoms with Crippen LogP contribution in [-0.2, 0) is 9.59 Å². The monoisotopic (exact) mass is 461 g/mol. The average Bonchev–Trinajstić information content (AvgIpc) is 2.69. The number of nitrogens with zero attached hydrogens (tertiary/aromatic N) is 1. The van der Waals surface area contributed by atoms with Gasteiger partial charge in [0.05, 0.1) is 12.6 Å². The predicted octanol–water partition coefficient (Wildman–Crippen LogP) is 3.43. The molecule has 0 bridgehead atoms. The van der Waals surface area contributed by atoms with Crippen LogP contribution >= 0.6 is 15.9 Å². The highest BCUT2D eigenvalue weighted by molar-refractivity contribution is 9.10. The summed E-state index contributed by atoms with van der Waals surface area (Å²) in [6, 6.07) is 10.4. The summed E-state index contributed by atoms with van der Waals surface area (Å²) in [4.78, 5) is 26.7. The molecule has 1 heterocycles. The van der Waals surface area contributed by atoms with Gasteiger partial charge in [0, 0.05) is 21.9 Å². The summed E-state index contributed by atoms with van der Waals surface area (Å²) in [5.41, 5.74) is 2.33. The molecular weight excluding hydrogens is 438 g/mol. The molecule has 0 saturated heterocycles. The number of rotatable bonds is 6. The van der Waals surface area contributed by atoms with Gasteiger partial charge in [0.15, 0.2) is 11.5 Å². The number of fused-ring (bicyclic) bond motifs is 1. The maximum atomic E-state index is 12.6. The number of halogens is 1. The summed E-state index contributed by atoms with van der Waals surface area (Å²) in [5, 5.41) is 5.74. The summed E-state index contributed by atoms with van der Waals surface area (Å²) in [6.45, 7) is 4.77. The highest BCUT2D eigenvalue weighted by Gasteiger charge is 2.21. The summed E-state index contributed by atoms with van der Waals surface area (Å²) < 4.78 is 12.0. The molecule has 1 aliphatic rings. The highest BCUT2D eigenvalue weighted by atomic mass is 79.9. The average molecular weight is 462 g/mol. The molecule has 154 valence electrons. The molecule has 1 aliphatic heterocycles. The van der Waals surface area contributed by atoms with E-state index in [1.807, 2.05) is 25.1 Å². The van der Waals surface area contributed by atoms with Crippen LogP contribution in [0, 0.1) is 6.92 Å². The van der Waals surface area contributed by atoms with Gasteiger partial charge in [-0.1, -0.05) is 15.9 Å². The van der Waals surface area contributed by atoms with Gasteiger partial charge in [0.25, 0.3) is 0 Å². The van der Waals surface area contributed by atoms with E-state index >= 15 is 0 Å². The van der Waals surface area contributed by atoms with E-state index in [0.717, 1.165) is 15.7 Å². The molecule has 2 N–H and O–H groups in total. The summed E-state index contributed by atoms with van der Waals surface area (Å²) >= 11 is 3.40. The highest BCUT2D eigenvalue weighted by Crippen LogP contribution is 2.32. The van der Waals surface area contributed by atoms with Crippen LogP contribution in [0.15, 0.2) is 40.9 Å². The second-order valence-corrected chi connectivity index (χ2v) is 7.86. The number of carbonyl (C=O) groups excluding carboxylic acids is 2. The number of likely N-dealkylation sites (N-methyl/N-ethyl adjacent to an activating group) is 1. The van der Waals surface area contributed by atoms with Gasteiger partial charge >= 0.3 is 0 Å². The normalized spacial score (nSPS) is 13.7. The predicted molar refractivity (Wildman–Crippen MR) is 116 cm³/mol. The second-order valence-electron chi connectivity index (χ2n) is 6.95. The van der Waals surface area contributed by atoms with E-state index in [2.05, 4.69) is 26.6 Å². The van der Waals surface area contributed by atoms with Crippen molar-refractivity contribution < 1.29 is 19.1 Å². The Balaban J connectivity index is 1.55. The van der Waals surface area contributed by atoms with Crippen molar-refractivity contribution in [2.75, 3.05) is 37.4 Å². The van der Waals surface area contributed by atoms with E-state index in [9.17, 15) is 9.59 Å². The van der Waals surface area contributed by atoms with Crippen molar-refractivity contribution in [3.63, 3.8) is 0 Å². The van der Waals surface area contributed by atoms with E-state index < -0.39 is 6.04 Å². The number of hydrogen-bond acceptors (Lipinski definition) is 5. The standard InChI is InChI=1S/C21H24BrN3O4/c1-13-10-15(22)4-6-17(13)24-20(26)12-25(3)14(2)21(27)23-16-5-7-18-19(11-16)29-9-8-28-18/h4-7,10-11,14H,8-9,12H2,1-3H3,(H,23,27)(H,24,26)/t14-/m0/s1. The zero-order valence-electron chi connectivity index (χ0n) is 16.6. The van der Waals surface area contributed by atoms with Crippen molar-refractivity contribution in [2.45, 2.75) is 19.9 Å². The van der Waals surface area contributed by atoms with E-state index in [-0.39, 0.29) is 18.4 Å². The fourth-order valence-electron chi connectivity index (χ4n) is 2.89. The number of anilines is 2. The SMILES string of the molecule is Cc1cc(Br)ccc1NC(=O)CN(C)[C@@H](C)C(=O)Nc1ccc2c(c1)OCCO2. The van der Waals surface area contributed by atoms with Gasteiger partial charge in [-0.3, -0.25) is 14.5 Å². The van der Waals surface area contributed by atoms with Crippen molar-refractivity contribution in [3.05, 3.63) is 46.4 Å². The Bertz CT molecular complexity index is 919. The molecule has 2 aromatic carbocycles. The summed E-state index contributed by atoms with van der Waals surface area (Å²) in [7, 11) is 1.74. The number of carbonyl (C=O) groups is 2. The number of benzene rings is 2. The van der Waals surface area contributed by atoms with Crippen molar-refractivity contribution in [3.8, 4) is 11.5 Å². The lowest BCUT2D eigenvalue weighted by Crippen LogP contribution is -2.43. The Morgan fingerprint density at radius 3 is 2.55 bits per heavy atom.